The fraction of sp³-hybridized carbons (Fsp3) is 0.545. The van der Waals surface area contributed by atoms with Crippen molar-refractivity contribution >= 4 is 21.9 Å². The van der Waals surface area contributed by atoms with Crippen molar-refractivity contribution in [1.82, 2.24) is 9.78 Å². The van der Waals surface area contributed by atoms with Gasteiger partial charge in [0.2, 0.25) is 0 Å². The maximum Gasteiger partial charge on any atom is 0.329 e. The predicted octanol–water partition coefficient (Wildman–Crippen LogP) is 5.17. The molecule has 0 unspecified atom stereocenters. The number of rotatable bonds is 9. The monoisotopic (exact) mass is 448 g/mol. The second kappa shape index (κ2) is 10.2. The normalized spacial score (nSPS) is 19.6. The zero-order valence-corrected chi connectivity index (χ0v) is 18.0. The van der Waals surface area contributed by atoms with Gasteiger partial charge < -0.3 is 9.84 Å². The Morgan fingerprint density at radius 2 is 1.89 bits per heavy atom. The molecule has 0 spiro atoms. The zero-order chi connectivity index (χ0) is 19.9. The number of carboxylic acid groups (broad SMARTS) is 1. The van der Waals surface area contributed by atoms with Crippen LogP contribution >= 0.6 is 15.9 Å². The van der Waals surface area contributed by atoms with Crippen molar-refractivity contribution in [2.24, 2.45) is 11.8 Å². The van der Waals surface area contributed by atoms with E-state index in [2.05, 4.69) is 51.8 Å². The molecule has 1 aromatic carbocycles. The number of ether oxygens (including phenoxy) is 1. The number of hydrogen-bond acceptors (Lipinski definition) is 3. The molecule has 0 saturated heterocycles. The molecule has 0 bridgehead atoms. The third-order valence-corrected chi connectivity index (χ3v) is 6.29. The van der Waals surface area contributed by atoms with Crippen molar-refractivity contribution in [3.8, 4) is 11.1 Å². The van der Waals surface area contributed by atoms with E-state index >= 15 is 0 Å². The molecule has 1 N–H and O–H groups in total. The quantitative estimate of drug-likeness (QED) is 0.574. The van der Waals surface area contributed by atoms with Gasteiger partial charge in [-0.2, -0.15) is 5.10 Å². The molecule has 1 aliphatic carbocycles. The standard InChI is InChI=1S/C22H29BrN2O3/c1-2-6-19-21(18-7-4-3-5-8-18)22(23)25(24-19)13-16-9-11-17(12-10-16)14-28-15-20(26)27/h3-5,7-8,16-17H,2,6,9-15H2,1H3,(H,26,27). The van der Waals surface area contributed by atoms with Crippen molar-refractivity contribution in [1.29, 1.82) is 0 Å². The first-order chi connectivity index (χ1) is 13.6. The van der Waals surface area contributed by atoms with E-state index in [0.717, 1.165) is 55.4 Å². The first-order valence-electron chi connectivity index (χ1n) is 10.2. The molecule has 0 radical (unpaired) electrons. The van der Waals surface area contributed by atoms with Crippen LogP contribution in [0.1, 0.15) is 44.7 Å². The van der Waals surface area contributed by atoms with Crippen LogP contribution < -0.4 is 0 Å². The second-order valence-electron chi connectivity index (χ2n) is 7.71. The lowest BCUT2D eigenvalue weighted by molar-refractivity contribution is -0.142. The third-order valence-electron chi connectivity index (χ3n) is 5.49. The lowest BCUT2D eigenvalue weighted by Gasteiger charge is -2.28. The van der Waals surface area contributed by atoms with Gasteiger partial charge in [-0.15, -0.1) is 0 Å². The van der Waals surface area contributed by atoms with Gasteiger partial charge in [0.15, 0.2) is 0 Å². The average Bonchev–Trinajstić information content (AvgIpc) is 2.99. The first-order valence-corrected chi connectivity index (χ1v) is 11.0. The molecule has 152 valence electrons. The van der Waals surface area contributed by atoms with Crippen molar-refractivity contribution in [2.75, 3.05) is 13.2 Å². The minimum atomic E-state index is -0.894. The van der Waals surface area contributed by atoms with Crippen molar-refractivity contribution in [3.63, 3.8) is 0 Å². The van der Waals surface area contributed by atoms with Crippen molar-refractivity contribution in [3.05, 3.63) is 40.6 Å². The lowest BCUT2D eigenvalue weighted by Crippen LogP contribution is -2.23. The van der Waals surface area contributed by atoms with Gasteiger partial charge in [-0.05, 0) is 65.4 Å². The summed E-state index contributed by atoms with van der Waals surface area (Å²) in [5, 5.41) is 13.6. The summed E-state index contributed by atoms with van der Waals surface area (Å²) in [5.74, 6) is 0.187. The zero-order valence-electron chi connectivity index (χ0n) is 16.4. The summed E-state index contributed by atoms with van der Waals surface area (Å²) in [7, 11) is 0. The van der Waals surface area contributed by atoms with Crippen LogP contribution in [0.4, 0.5) is 0 Å². The van der Waals surface area contributed by atoms with E-state index in [1.165, 1.54) is 11.1 Å². The van der Waals surface area contributed by atoms with Crippen LogP contribution in [-0.4, -0.2) is 34.1 Å². The Morgan fingerprint density at radius 1 is 1.21 bits per heavy atom. The molecular formula is C22H29BrN2O3. The van der Waals surface area contributed by atoms with Crippen LogP contribution in [0.25, 0.3) is 11.1 Å². The molecule has 2 aromatic rings. The summed E-state index contributed by atoms with van der Waals surface area (Å²) in [4.78, 5) is 10.6. The van der Waals surface area contributed by atoms with Crippen LogP contribution in [0.15, 0.2) is 34.9 Å². The summed E-state index contributed by atoms with van der Waals surface area (Å²) in [5.41, 5.74) is 3.60. The number of benzene rings is 1. The fourth-order valence-electron chi connectivity index (χ4n) is 4.05. The number of aryl methyl sites for hydroxylation is 1. The highest BCUT2D eigenvalue weighted by molar-refractivity contribution is 9.10. The number of halogens is 1. The maximum atomic E-state index is 10.6. The molecule has 1 saturated carbocycles. The van der Waals surface area contributed by atoms with Crippen LogP contribution in [-0.2, 0) is 22.5 Å². The molecule has 1 aromatic heterocycles. The van der Waals surface area contributed by atoms with Gasteiger partial charge >= 0.3 is 5.97 Å². The number of carbonyl (C=O) groups is 1. The Hall–Kier alpha value is -1.66. The van der Waals surface area contributed by atoms with Gasteiger partial charge in [0, 0.05) is 12.1 Å². The SMILES string of the molecule is CCCc1nn(CC2CCC(COCC(=O)O)CC2)c(Br)c1-c1ccccc1. The summed E-state index contributed by atoms with van der Waals surface area (Å²) in [6.45, 7) is 3.48. The van der Waals surface area contributed by atoms with Gasteiger partial charge in [0.25, 0.3) is 0 Å². The smallest absolute Gasteiger partial charge is 0.329 e. The number of hydrogen-bond donors (Lipinski definition) is 1. The third kappa shape index (κ3) is 5.45. The minimum Gasteiger partial charge on any atom is -0.480 e. The Balaban J connectivity index is 1.63. The Bertz CT molecular complexity index is 768. The predicted molar refractivity (Wildman–Crippen MR) is 113 cm³/mol. The van der Waals surface area contributed by atoms with Gasteiger partial charge in [0.1, 0.15) is 11.2 Å². The van der Waals surface area contributed by atoms with E-state index in [0.29, 0.717) is 18.4 Å². The Kier molecular flexibility index (Phi) is 7.68. The van der Waals surface area contributed by atoms with Gasteiger partial charge in [-0.25, -0.2) is 4.79 Å². The molecular weight excluding hydrogens is 420 g/mol. The topological polar surface area (TPSA) is 64.4 Å². The Morgan fingerprint density at radius 3 is 2.54 bits per heavy atom. The van der Waals surface area contributed by atoms with Crippen LogP contribution in [0.3, 0.4) is 0 Å². The molecule has 1 heterocycles. The molecule has 0 atom stereocenters. The summed E-state index contributed by atoms with van der Waals surface area (Å²) < 4.78 is 8.49. The molecule has 1 fully saturated rings. The number of aliphatic carboxylic acids is 1. The average molecular weight is 449 g/mol. The van der Waals surface area contributed by atoms with Gasteiger partial charge in [0.05, 0.1) is 12.3 Å². The number of nitrogens with zero attached hydrogens (tertiary/aromatic N) is 2. The van der Waals surface area contributed by atoms with Crippen molar-refractivity contribution < 1.29 is 14.6 Å². The highest BCUT2D eigenvalue weighted by atomic mass is 79.9. The van der Waals surface area contributed by atoms with Crippen LogP contribution in [0.5, 0.6) is 0 Å². The van der Waals surface area contributed by atoms with E-state index < -0.39 is 5.97 Å². The first kappa shape index (κ1) is 21.1. The Labute approximate surface area is 175 Å². The molecule has 3 rings (SSSR count). The minimum absolute atomic E-state index is 0.192. The van der Waals surface area contributed by atoms with E-state index in [1.54, 1.807) is 0 Å². The maximum absolute atomic E-state index is 10.6. The van der Waals surface area contributed by atoms with Crippen LogP contribution in [0.2, 0.25) is 0 Å². The summed E-state index contributed by atoms with van der Waals surface area (Å²) >= 11 is 3.82. The van der Waals surface area contributed by atoms with Crippen LogP contribution in [0, 0.1) is 11.8 Å². The van der Waals surface area contributed by atoms with E-state index in [9.17, 15) is 4.79 Å². The molecule has 1 aliphatic rings. The molecule has 5 nitrogen and oxygen atoms in total. The van der Waals surface area contributed by atoms with E-state index in [4.69, 9.17) is 14.9 Å². The van der Waals surface area contributed by atoms with E-state index in [1.807, 2.05) is 6.07 Å². The molecule has 6 heteroatoms. The summed E-state index contributed by atoms with van der Waals surface area (Å²) in [6, 6.07) is 10.5. The second-order valence-corrected chi connectivity index (χ2v) is 8.46. The number of aromatic nitrogens is 2. The van der Waals surface area contributed by atoms with Gasteiger partial charge in [-0.3, -0.25) is 4.68 Å². The number of carboxylic acids is 1. The van der Waals surface area contributed by atoms with Gasteiger partial charge in [-0.1, -0.05) is 43.7 Å². The molecule has 0 amide bonds. The molecule has 0 aliphatic heterocycles. The highest BCUT2D eigenvalue weighted by Gasteiger charge is 2.24. The molecule has 28 heavy (non-hydrogen) atoms. The van der Waals surface area contributed by atoms with E-state index in [-0.39, 0.29) is 6.61 Å². The van der Waals surface area contributed by atoms with Crippen molar-refractivity contribution in [2.45, 2.75) is 52.0 Å². The highest BCUT2D eigenvalue weighted by Crippen LogP contribution is 2.35. The lowest BCUT2D eigenvalue weighted by atomic mass is 9.82. The largest absolute Gasteiger partial charge is 0.480 e. The summed E-state index contributed by atoms with van der Waals surface area (Å²) in [6.07, 6.45) is 6.51. The fourth-order valence-corrected chi connectivity index (χ4v) is 4.73.